The lowest BCUT2D eigenvalue weighted by Gasteiger charge is -2.32. The fourth-order valence-electron chi connectivity index (χ4n) is 3.45. The van der Waals surface area contributed by atoms with Gasteiger partial charge in [-0.05, 0) is 72.6 Å². The summed E-state index contributed by atoms with van der Waals surface area (Å²) in [6.45, 7) is 10.9. The Balaban J connectivity index is 0.00000312. The molecule has 0 amide bonds. The van der Waals surface area contributed by atoms with E-state index in [0.717, 1.165) is 43.5 Å². The Kier molecular flexibility index (Phi) is 9.46. The number of nitrogens with one attached hydrogen (secondary N) is 1. The summed E-state index contributed by atoms with van der Waals surface area (Å²) >= 11 is 0. The molecule has 0 spiro atoms. The maximum atomic E-state index is 11.7. The molecule has 2 heterocycles. The molecule has 6 nitrogen and oxygen atoms in total. The summed E-state index contributed by atoms with van der Waals surface area (Å²) in [7, 11) is 2.02. The fourth-order valence-corrected chi connectivity index (χ4v) is 3.45. The number of nitrogens with zero attached hydrogens (tertiary/aromatic N) is 3. The second-order valence-electron chi connectivity index (χ2n) is 6.72. The zero-order chi connectivity index (χ0) is 17.5. The van der Waals surface area contributed by atoms with Crippen LogP contribution in [0.1, 0.15) is 43.1 Å². The zero-order valence-corrected chi connectivity index (χ0v) is 16.8. The van der Waals surface area contributed by atoms with Gasteiger partial charge in [-0.2, -0.15) is 5.10 Å². The average Bonchev–Trinajstić information content (AvgIpc) is 2.82. The van der Waals surface area contributed by atoms with E-state index in [1.807, 2.05) is 27.8 Å². The smallest absolute Gasteiger partial charge is 0.327 e. The van der Waals surface area contributed by atoms with Gasteiger partial charge < -0.3 is 10.1 Å². The van der Waals surface area contributed by atoms with Gasteiger partial charge in [0.2, 0.25) is 0 Å². The van der Waals surface area contributed by atoms with E-state index in [1.165, 1.54) is 24.8 Å². The van der Waals surface area contributed by atoms with Gasteiger partial charge in [-0.3, -0.25) is 14.4 Å². The van der Waals surface area contributed by atoms with Crippen LogP contribution in [0.2, 0.25) is 0 Å². The van der Waals surface area contributed by atoms with Crippen molar-refractivity contribution < 1.29 is 9.53 Å². The first kappa shape index (κ1) is 21.9. The van der Waals surface area contributed by atoms with Gasteiger partial charge in [-0.25, -0.2) is 0 Å². The van der Waals surface area contributed by atoms with Crippen molar-refractivity contribution in [2.75, 3.05) is 33.3 Å². The van der Waals surface area contributed by atoms with E-state index in [-0.39, 0.29) is 24.9 Å². The standard InChI is InChI=1S/C18H32N4O2.ClH/c1-5-24-18(23)13-22-15(3)17(14(2)20-22)12-21-10-7-16(8-11-21)6-9-19-4;/h16,19H,5-13H2,1-4H3;1H. The number of piperidine rings is 1. The second-order valence-corrected chi connectivity index (χ2v) is 6.72. The van der Waals surface area contributed by atoms with Gasteiger partial charge in [0.1, 0.15) is 6.54 Å². The highest BCUT2D eigenvalue weighted by molar-refractivity contribution is 5.85. The number of likely N-dealkylation sites (tertiary alicyclic amines) is 1. The van der Waals surface area contributed by atoms with Crippen LogP contribution in [0.25, 0.3) is 0 Å². The van der Waals surface area contributed by atoms with E-state index in [1.54, 1.807) is 4.68 Å². The SMILES string of the molecule is CCOC(=O)Cn1nc(C)c(CN2CCC(CCNC)CC2)c1C.Cl. The molecule has 0 saturated carbocycles. The third-order valence-corrected chi connectivity index (χ3v) is 5.01. The number of aromatic nitrogens is 2. The largest absolute Gasteiger partial charge is 0.465 e. The van der Waals surface area contributed by atoms with Gasteiger partial charge in [-0.1, -0.05) is 0 Å². The molecule has 0 aliphatic carbocycles. The third kappa shape index (κ3) is 6.28. The van der Waals surface area contributed by atoms with Crippen molar-refractivity contribution in [3.05, 3.63) is 17.0 Å². The predicted octanol–water partition coefficient (Wildman–Crippen LogP) is 2.31. The van der Waals surface area contributed by atoms with Crippen molar-refractivity contribution in [2.45, 2.75) is 53.1 Å². The zero-order valence-electron chi connectivity index (χ0n) is 16.0. The van der Waals surface area contributed by atoms with Crippen molar-refractivity contribution in [3.63, 3.8) is 0 Å². The molecule has 0 atom stereocenters. The summed E-state index contributed by atoms with van der Waals surface area (Å²) in [5.41, 5.74) is 3.36. The number of carbonyl (C=O) groups excluding carboxylic acids is 1. The summed E-state index contributed by atoms with van der Waals surface area (Å²) in [5.74, 6) is 0.627. The maximum absolute atomic E-state index is 11.7. The van der Waals surface area contributed by atoms with Crippen LogP contribution in [0.15, 0.2) is 0 Å². The van der Waals surface area contributed by atoms with E-state index in [0.29, 0.717) is 6.61 Å². The normalized spacial score (nSPS) is 15.8. The monoisotopic (exact) mass is 372 g/mol. The van der Waals surface area contributed by atoms with Crippen LogP contribution in [0.5, 0.6) is 0 Å². The van der Waals surface area contributed by atoms with Crippen LogP contribution in [-0.2, 0) is 22.6 Å². The second kappa shape index (κ2) is 10.8. The molecule has 1 aliphatic rings. The molecule has 2 rings (SSSR count). The van der Waals surface area contributed by atoms with Gasteiger partial charge in [0.05, 0.1) is 12.3 Å². The summed E-state index contributed by atoms with van der Waals surface area (Å²) in [6.07, 6.45) is 3.83. The minimum Gasteiger partial charge on any atom is -0.465 e. The van der Waals surface area contributed by atoms with Crippen molar-refractivity contribution in [1.82, 2.24) is 20.0 Å². The number of hydrogen-bond donors (Lipinski definition) is 1. The minimum atomic E-state index is -0.222. The van der Waals surface area contributed by atoms with Gasteiger partial charge in [0, 0.05) is 17.8 Å². The summed E-state index contributed by atoms with van der Waals surface area (Å²) < 4.78 is 6.81. The quantitative estimate of drug-likeness (QED) is 0.709. The lowest BCUT2D eigenvalue weighted by atomic mass is 9.93. The molecule has 25 heavy (non-hydrogen) atoms. The Labute approximate surface area is 157 Å². The molecule has 1 saturated heterocycles. The van der Waals surface area contributed by atoms with E-state index < -0.39 is 0 Å². The summed E-state index contributed by atoms with van der Waals surface area (Å²) in [5, 5.41) is 7.78. The number of rotatable bonds is 8. The molecule has 7 heteroatoms. The topological polar surface area (TPSA) is 59.4 Å². The van der Waals surface area contributed by atoms with Crippen LogP contribution >= 0.6 is 12.4 Å². The molecular weight excluding hydrogens is 340 g/mol. The van der Waals surface area contributed by atoms with Gasteiger partial charge >= 0.3 is 5.97 Å². The molecule has 0 radical (unpaired) electrons. The van der Waals surface area contributed by atoms with Crippen LogP contribution in [0.3, 0.4) is 0 Å². The third-order valence-electron chi connectivity index (χ3n) is 5.01. The molecule has 1 aliphatic heterocycles. The summed E-state index contributed by atoms with van der Waals surface area (Å²) in [4.78, 5) is 14.2. The van der Waals surface area contributed by atoms with Crippen LogP contribution in [0, 0.1) is 19.8 Å². The van der Waals surface area contributed by atoms with Crippen LogP contribution < -0.4 is 5.32 Å². The van der Waals surface area contributed by atoms with E-state index in [2.05, 4.69) is 15.3 Å². The first-order valence-electron chi connectivity index (χ1n) is 9.10. The molecular formula is C18H33ClN4O2. The lowest BCUT2D eigenvalue weighted by molar-refractivity contribution is -0.144. The van der Waals surface area contributed by atoms with Crippen molar-refractivity contribution in [1.29, 1.82) is 0 Å². The molecule has 1 aromatic rings. The van der Waals surface area contributed by atoms with Gasteiger partial charge in [0.25, 0.3) is 0 Å². The number of esters is 1. The highest BCUT2D eigenvalue weighted by atomic mass is 35.5. The van der Waals surface area contributed by atoms with Gasteiger partial charge in [0.15, 0.2) is 0 Å². The number of hydrogen-bond acceptors (Lipinski definition) is 5. The van der Waals surface area contributed by atoms with Crippen molar-refractivity contribution in [2.24, 2.45) is 5.92 Å². The number of halogens is 1. The Morgan fingerprint density at radius 2 is 2.00 bits per heavy atom. The van der Waals surface area contributed by atoms with Crippen molar-refractivity contribution >= 4 is 18.4 Å². The number of carbonyl (C=O) groups is 1. The Hall–Kier alpha value is -1.11. The fraction of sp³-hybridized carbons (Fsp3) is 0.778. The Morgan fingerprint density at radius 3 is 2.60 bits per heavy atom. The number of aryl methyl sites for hydroxylation is 1. The molecule has 144 valence electrons. The highest BCUT2D eigenvalue weighted by Crippen LogP contribution is 2.23. The first-order valence-corrected chi connectivity index (χ1v) is 9.10. The molecule has 1 aromatic heterocycles. The van der Waals surface area contributed by atoms with E-state index in [9.17, 15) is 4.79 Å². The van der Waals surface area contributed by atoms with E-state index in [4.69, 9.17) is 4.74 Å². The predicted molar refractivity (Wildman–Crippen MR) is 102 cm³/mol. The maximum Gasteiger partial charge on any atom is 0.327 e. The highest BCUT2D eigenvalue weighted by Gasteiger charge is 2.22. The van der Waals surface area contributed by atoms with Crippen LogP contribution in [-0.4, -0.2) is 53.9 Å². The Bertz CT molecular complexity index is 539. The van der Waals surface area contributed by atoms with Crippen molar-refractivity contribution in [3.8, 4) is 0 Å². The lowest BCUT2D eigenvalue weighted by Crippen LogP contribution is -2.34. The summed E-state index contributed by atoms with van der Waals surface area (Å²) in [6, 6.07) is 0. The molecule has 0 aromatic carbocycles. The van der Waals surface area contributed by atoms with E-state index >= 15 is 0 Å². The minimum absolute atomic E-state index is 0. The molecule has 1 N–H and O–H groups in total. The molecule has 0 bridgehead atoms. The average molecular weight is 373 g/mol. The van der Waals surface area contributed by atoms with Crippen LogP contribution in [0.4, 0.5) is 0 Å². The molecule has 0 unspecified atom stereocenters. The molecule has 1 fully saturated rings. The van der Waals surface area contributed by atoms with Gasteiger partial charge in [-0.15, -0.1) is 12.4 Å². The number of ether oxygens (including phenoxy) is 1. The first-order chi connectivity index (χ1) is 11.5. The Morgan fingerprint density at radius 1 is 1.32 bits per heavy atom.